The molecule has 0 amide bonds. The van der Waals surface area contributed by atoms with E-state index in [-0.39, 0.29) is 0 Å². The van der Waals surface area contributed by atoms with Crippen molar-refractivity contribution in [1.82, 2.24) is 10.2 Å². The van der Waals surface area contributed by atoms with Gasteiger partial charge in [0.05, 0.1) is 0 Å². The number of halogens is 2. The van der Waals surface area contributed by atoms with E-state index in [0.717, 1.165) is 37.8 Å². The van der Waals surface area contributed by atoms with Gasteiger partial charge in [0.1, 0.15) is 11.6 Å². The highest BCUT2D eigenvalue weighted by Crippen LogP contribution is 2.09. The van der Waals surface area contributed by atoms with E-state index in [2.05, 4.69) is 17.1 Å². The van der Waals surface area contributed by atoms with Crippen molar-refractivity contribution in [3.8, 4) is 0 Å². The lowest BCUT2D eigenvalue weighted by Crippen LogP contribution is -2.49. The van der Waals surface area contributed by atoms with E-state index < -0.39 is 11.6 Å². The summed E-state index contributed by atoms with van der Waals surface area (Å²) in [7, 11) is 0. The number of hydrogen-bond acceptors (Lipinski definition) is 2. The summed E-state index contributed by atoms with van der Waals surface area (Å²) in [6, 6.07) is 4.23. The van der Waals surface area contributed by atoms with Crippen LogP contribution in [0.3, 0.4) is 0 Å². The minimum atomic E-state index is -0.492. The lowest BCUT2D eigenvalue weighted by molar-refractivity contribution is 0.209. The maximum atomic E-state index is 13.0. The van der Waals surface area contributed by atoms with Gasteiger partial charge in [-0.15, -0.1) is 0 Å². The van der Waals surface area contributed by atoms with Crippen molar-refractivity contribution in [2.45, 2.75) is 19.4 Å². The van der Waals surface area contributed by atoms with Gasteiger partial charge in [-0.05, 0) is 31.0 Å². The summed E-state index contributed by atoms with van der Waals surface area (Å²) in [6.07, 6.45) is 0.696. The lowest BCUT2D eigenvalue weighted by Gasteiger charge is -2.31. The second-order valence-electron chi connectivity index (χ2n) is 4.68. The molecule has 2 nitrogen and oxygen atoms in total. The van der Waals surface area contributed by atoms with Crippen LogP contribution < -0.4 is 5.32 Å². The van der Waals surface area contributed by atoms with Gasteiger partial charge in [0.15, 0.2) is 0 Å². The molecule has 1 saturated heterocycles. The van der Waals surface area contributed by atoms with Crippen LogP contribution in [0.1, 0.15) is 12.5 Å². The summed E-state index contributed by atoms with van der Waals surface area (Å²) in [5, 5.41) is 3.37. The second kappa shape index (κ2) is 5.56. The molecule has 0 spiro atoms. The highest BCUT2D eigenvalue weighted by atomic mass is 19.1. The summed E-state index contributed by atoms with van der Waals surface area (Å²) in [5.41, 5.74) is 0.730. The average molecular weight is 240 g/mol. The van der Waals surface area contributed by atoms with Crippen LogP contribution in [0.15, 0.2) is 18.2 Å². The zero-order chi connectivity index (χ0) is 12.3. The first kappa shape index (κ1) is 12.5. The van der Waals surface area contributed by atoms with E-state index in [9.17, 15) is 8.78 Å². The molecule has 17 heavy (non-hydrogen) atoms. The summed E-state index contributed by atoms with van der Waals surface area (Å²) >= 11 is 0. The van der Waals surface area contributed by atoms with Crippen molar-refractivity contribution in [1.29, 1.82) is 0 Å². The minimum Gasteiger partial charge on any atom is -0.312 e. The van der Waals surface area contributed by atoms with Crippen LogP contribution in [0.25, 0.3) is 0 Å². The molecule has 0 saturated carbocycles. The van der Waals surface area contributed by atoms with Crippen molar-refractivity contribution < 1.29 is 8.78 Å². The van der Waals surface area contributed by atoms with Crippen molar-refractivity contribution in [3.63, 3.8) is 0 Å². The largest absolute Gasteiger partial charge is 0.312 e. The van der Waals surface area contributed by atoms with Crippen LogP contribution in [-0.4, -0.2) is 37.1 Å². The number of rotatable bonds is 3. The number of benzene rings is 1. The smallest absolute Gasteiger partial charge is 0.126 e. The normalized spacial score (nSPS) is 21.7. The summed E-state index contributed by atoms with van der Waals surface area (Å²) < 4.78 is 26.0. The maximum absolute atomic E-state index is 13.0. The fraction of sp³-hybridized carbons (Fsp3) is 0.538. The topological polar surface area (TPSA) is 15.3 Å². The number of nitrogens with zero attached hydrogens (tertiary/aromatic N) is 1. The van der Waals surface area contributed by atoms with Gasteiger partial charge in [-0.3, -0.25) is 0 Å². The van der Waals surface area contributed by atoms with Crippen LogP contribution >= 0.6 is 0 Å². The van der Waals surface area contributed by atoms with Crippen LogP contribution in [-0.2, 0) is 6.42 Å². The molecular weight excluding hydrogens is 222 g/mol. The zero-order valence-electron chi connectivity index (χ0n) is 10.0. The lowest BCUT2D eigenvalue weighted by atomic mass is 10.1. The standard InChI is InChI=1S/C13H18F2N2/c1-10-9-17(5-3-16-10)4-2-11-6-12(14)8-13(15)7-11/h6-8,10,16H,2-5,9H2,1H3/t10-/m0/s1. The van der Waals surface area contributed by atoms with E-state index >= 15 is 0 Å². The first-order chi connectivity index (χ1) is 8.13. The third-order valence-electron chi connectivity index (χ3n) is 3.09. The molecule has 0 aliphatic carbocycles. The van der Waals surface area contributed by atoms with E-state index in [1.54, 1.807) is 0 Å². The highest BCUT2D eigenvalue weighted by molar-refractivity contribution is 5.18. The van der Waals surface area contributed by atoms with Gasteiger partial charge in [-0.25, -0.2) is 8.78 Å². The molecule has 0 aromatic heterocycles. The van der Waals surface area contributed by atoms with Gasteiger partial charge in [0, 0.05) is 38.3 Å². The van der Waals surface area contributed by atoms with Crippen LogP contribution in [0.5, 0.6) is 0 Å². The minimum absolute atomic E-state index is 0.492. The van der Waals surface area contributed by atoms with Crippen LogP contribution in [0.2, 0.25) is 0 Å². The Kier molecular flexibility index (Phi) is 4.07. The molecule has 1 aromatic carbocycles. The summed E-state index contributed by atoms with van der Waals surface area (Å²) in [4.78, 5) is 2.32. The Labute approximate surface area is 101 Å². The summed E-state index contributed by atoms with van der Waals surface area (Å²) in [6.45, 7) is 5.99. The SMILES string of the molecule is C[C@H]1CN(CCc2cc(F)cc(F)c2)CCN1. The molecule has 1 N–H and O–H groups in total. The molecule has 0 bridgehead atoms. The fourth-order valence-corrected chi connectivity index (χ4v) is 2.26. The Morgan fingerprint density at radius 3 is 2.65 bits per heavy atom. The molecule has 1 heterocycles. The Bertz CT molecular complexity index is 361. The Balaban J connectivity index is 1.88. The number of piperazine rings is 1. The predicted molar refractivity (Wildman–Crippen MR) is 64.0 cm³/mol. The number of hydrogen-bond donors (Lipinski definition) is 1. The molecule has 1 aromatic rings. The van der Waals surface area contributed by atoms with E-state index in [1.807, 2.05) is 0 Å². The van der Waals surface area contributed by atoms with E-state index in [0.29, 0.717) is 12.5 Å². The van der Waals surface area contributed by atoms with Gasteiger partial charge >= 0.3 is 0 Å². The summed E-state index contributed by atoms with van der Waals surface area (Å²) in [5.74, 6) is -0.984. The van der Waals surface area contributed by atoms with Gasteiger partial charge in [0.2, 0.25) is 0 Å². The first-order valence-electron chi connectivity index (χ1n) is 6.04. The second-order valence-corrected chi connectivity index (χ2v) is 4.68. The quantitative estimate of drug-likeness (QED) is 0.866. The Hall–Kier alpha value is -1.00. The van der Waals surface area contributed by atoms with Crippen molar-refractivity contribution in [2.75, 3.05) is 26.2 Å². The third kappa shape index (κ3) is 3.75. The molecule has 94 valence electrons. The molecule has 1 atom stereocenters. The molecular formula is C13H18F2N2. The van der Waals surface area contributed by atoms with Crippen LogP contribution in [0, 0.1) is 11.6 Å². The van der Waals surface area contributed by atoms with Crippen LogP contribution in [0.4, 0.5) is 8.78 Å². The van der Waals surface area contributed by atoms with Crippen molar-refractivity contribution in [2.24, 2.45) is 0 Å². The molecule has 1 aliphatic rings. The monoisotopic (exact) mass is 240 g/mol. The third-order valence-corrected chi connectivity index (χ3v) is 3.09. The maximum Gasteiger partial charge on any atom is 0.126 e. The first-order valence-corrected chi connectivity index (χ1v) is 6.04. The Morgan fingerprint density at radius 2 is 2.00 bits per heavy atom. The number of nitrogens with one attached hydrogen (secondary N) is 1. The molecule has 1 aliphatic heterocycles. The van der Waals surface area contributed by atoms with Gasteiger partial charge in [-0.1, -0.05) is 0 Å². The van der Waals surface area contributed by atoms with Crippen molar-refractivity contribution in [3.05, 3.63) is 35.4 Å². The van der Waals surface area contributed by atoms with Gasteiger partial charge in [-0.2, -0.15) is 0 Å². The van der Waals surface area contributed by atoms with Crippen molar-refractivity contribution >= 4 is 0 Å². The fourth-order valence-electron chi connectivity index (χ4n) is 2.26. The van der Waals surface area contributed by atoms with E-state index in [1.165, 1.54) is 12.1 Å². The molecule has 0 unspecified atom stereocenters. The molecule has 4 heteroatoms. The zero-order valence-corrected chi connectivity index (χ0v) is 10.0. The molecule has 1 fully saturated rings. The molecule has 2 rings (SSSR count). The van der Waals surface area contributed by atoms with Gasteiger partial charge in [0.25, 0.3) is 0 Å². The predicted octanol–water partition coefficient (Wildman–Crippen LogP) is 1.80. The van der Waals surface area contributed by atoms with Gasteiger partial charge < -0.3 is 10.2 Å². The average Bonchev–Trinajstić information content (AvgIpc) is 2.25. The highest BCUT2D eigenvalue weighted by Gasteiger charge is 2.15. The van der Waals surface area contributed by atoms with E-state index in [4.69, 9.17) is 0 Å². The Morgan fingerprint density at radius 1 is 1.29 bits per heavy atom. The molecule has 0 radical (unpaired) electrons.